The molecular weight excluding hydrogens is 262 g/mol. The number of amides is 2. The second kappa shape index (κ2) is 7.04. The van der Waals surface area contributed by atoms with Crippen LogP contribution < -0.4 is 5.43 Å². The number of likely N-dealkylation sites (tertiary alicyclic amines) is 1. The molecule has 0 aromatic rings. The monoisotopic (exact) mass is 283 g/mol. The Kier molecular flexibility index (Phi) is 5.69. The van der Waals surface area contributed by atoms with Crippen molar-refractivity contribution in [1.82, 2.24) is 15.3 Å². The maximum absolute atomic E-state index is 11.4. The number of carboxylic acid groups (broad SMARTS) is 1. The SMILES string of the molecule is C=C[C@@H]1C[C@H](C(=O)O)N(CCN(NC(C)=O)C(C)=O)C1. The number of hydrazine groups is 1. The van der Waals surface area contributed by atoms with Gasteiger partial charge >= 0.3 is 5.97 Å². The molecule has 0 radical (unpaired) electrons. The molecule has 2 atom stereocenters. The number of nitrogens with zero attached hydrogens (tertiary/aromatic N) is 2. The van der Waals surface area contributed by atoms with Crippen molar-refractivity contribution < 1.29 is 19.5 Å². The Bertz CT molecular complexity index is 410. The molecule has 1 aliphatic heterocycles. The summed E-state index contributed by atoms with van der Waals surface area (Å²) < 4.78 is 0. The third-order valence-electron chi connectivity index (χ3n) is 3.34. The largest absolute Gasteiger partial charge is 0.480 e. The topological polar surface area (TPSA) is 89.9 Å². The average molecular weight is 283 g/mol. The molecule has 0 unspecified atom stereocenters. The molecule has 20 heavy (non-hydrogen) atoms. The molecule has 112 valence electrons. The Balaban J connectivity index is 2.61. The van der Waals surface area contributed by atoms with E-state index in [1.54, 1.807) is 11.0 Å². The van der Waals surface area contributed by atoms with E-state index in [4.69, 9.17) is 0 Å². The van der Waals surface area contributed by atoms with E-state index in [0.29, 0.717) is 19.5 Å². The highest BCUT2D eigenvalue weighted by atomic mass is 16.4. The van der Waals surface area contributed by atoms with Crippen molar-refractivity contribution in [2.45, 2.75) is 26.3 Å². The molecule has 2 N–H and O–H groups in total. The number of rotatable bonds is 5. The van der Waals surface area contributed by atoms with Gasteiger partial charge in [-0.3, -0.25) is 29.7 Å². The van der Waals surface area contributed by atoms with Crippen molar-refractivity contribution in [2.24, 2.45) is 5.92 Å². The summed E-state index contributed by atoms with van der Waals surface area (Å²) in [6, 6.07) is -0.566. The fourth-order valence-electron chi connectivity index (χ4n) is 2.32. The van der Waals surface area contributed by atoms with Crippen LogP contribution in [0, 0.1) is 5.92 Å². The fourth-order valence-corrected chi connectivity index (χ4v) is 2.32. The summed E-state index contributed by atoms with van der Waals surface area (Å²) in [5.41, 5.74) is 2.42. The predicted molar refractivity (Wildman–Crippen MR) is 72.5 cm³/mol. The fraction of sp³-hybridized carbons (Fsp3) is 0.615. The van der Waals surface area contributed by atoms with Crippen molar-refractivity contribution in [2.75, 3.05) is 19.6 Å². The quantitative estimate of drug-likeness (QED) is 0.541. The first-order valence-corrected chi connectivity index (χ1v) is 6.50. The van der Waals surface area contributed by atoms with Crippen molar-refractivity contribution >= 4 is 17.8 Å². The lowest BCUT2D eigenvalue weighted by atomic mass is 10.1. The molecule has 0 aromatic heterocycles. The second-order valence-corrected chi connectivity index (χ2v) is 4.92. The average Bonchev–Trinajstić information content (AvgIpc) is 2.77. The van der Waals surface area contributed by atoms with Crippen LogP contribution in [0.2, 0.25) is 0 Å². The van der Waals surface area contributed by atoms with Crippen LogP contribution in [0.4, 0.5) is 0 Å². The van der Waals surface area contributed by atoms with Crippen LogP contribution in [0.5, 0.6) is 0 Å². The normalized spacial score (nSPS) is 22.3. The van der Waals surface area contributed by atoms with Gasteiger partial charge in [0.25, 0.3) is 0 Å². The molecule has 1 saturated heterocycles. The van der Waals surface area contributed by atoms with Crippen LogP contribution in [0.15, 0.2) is 12.7 Å². The van der Waals surface area contributed by atoms with Gasteiger partial charge in [-0.1, -0.05) is 6.08 Å². The van der Waals surface area contributed by atoms with Gasteiger partial charge in [-0.05, 0) is 12.3 Å². The summed E-state index contributed by atoms with van der Waals surface area (Å²) in [7, 11) is 0. The molecule has 0 saturated carbocycles. The minimum absolute atomic E-state index is 0.141. The zero-order valence-corrected chi connectivity index (χ0v) is 11.8. The number of nitrogens with one attached hydrogen (secondary N) is 1. The maximum atomic E-state index is 11.4. The lowest BCUT2D eigenvalue weighted by Gasteiger charge is -2.26. The van der Waals surface area contributed by atoms with Gasteiger partial charge in [0.1, 0.15) is 6.04 Å². The third kappa shape index (κ3) is 4.34. The third-order valence-corrected chi connectivity index (χ3v) is 3.34. The Labute approximate surface area is 118 Å². The summed E-state index contributed by atoms with van der Waals surface area (Å²) in [6.07, 6.45) is 2.28. The number of carbonyl (C=O) groups is 3. The summed E-state index contributed by atoms with van der Waals surface area (Å²) in [6.45, 7) is 7.61. The molecule has 1 rings (SSSR count). The van der Waals surface area contributed by atoms with Crippen molar-refractivity contribution in [1.29, 1.82) is 0 Å². The molecule has 0 bridgehead atoms. The molecular formula is C13H21N3O4. The van der Waals surface area contributed by atoms with Crippen LogP contribution in [0.1, 0.15) is 20.3 Å². The number of carbonyl (C=O) groups excluding carboxylic acids is 2. The predicted octanol–water partition coefficient (Wildman–Crippen LogP) is -0.153. The lowest BCUT2D eigenvalue weighted by molar-refractivity contribution is -0.143. The molecule has 1 fully saturated rings. The van der Waals surface area contributed by atoms with E-state index in [1.807, 2.05) is 0 Å². The Hall–Kier alpha value is -1.89. The molecule has 1 heterocycles. The first kappa shape index (κ1) is 16.2. The second-order valence-electron chi connectivity index (χ2n) is 4.92. The molecule has 0 aliphatic carbocycles. The van der Waals surface area contributed by atoms with Crippen LogP contribution in [-0.4, -0.2) is 58.5 Å². The smallest absolute Gasteiger partial charge is 0.320 e. The van der Waals surface area contributed by atoms with Crippen LogP contribution in [0.25, 0.3) is 0 Å². The minimum Gasteiger partial charge on any atom is -0.480 e. The molecule has 0 aromatic carbocycles. The highest BCUT2D eigenvalue weighted by molar-refractivity contribution is 5.79. The number of hydrogen-bond acceptors (Lipinski definition) is 4. The summed E-state index contributed by atoms with van der Waals surface area (Å²) in [5.74, 6) is -1.35. The van der Waals surface area contributed by atoms with E-state index in [2.05, 4.69) is 12.0 Å². The lowest BCUT2D eigenvalue weighted by Crippen LogP contribution is -2.49. The Morgan fingerprint density at radius 3 is 2.55 bits per heavy atom. The first-order valence-electron chi connectivity index (χ1n) is 6.50. The highest BCUT2D eigenvalue weighted by Crippen LogP contribution is 2.23. The van der Waals surface area contributed by atoms with Gasteiger partial charge in [-0.2, -0.15) is 0 Å². The molecule has 0 spiro atoms. The van der Waals surface area contributed by atoms with Crippen molar-refractivity contribution in [3.05, 3.63) is 12.7 Å². The van der Waals surface area contributed by atoms with E-state index in [0.717, 1.165) is 0 Å². The molecule has 2 amide bonds. The summed E-state index contributed by atoms with van der Waals surface area (Å²) in [4.78, 5) is 35.4. The van der Waals surface area contributed by atoms with Gasteiger partial charge < -0.3 is 5.11 Å². The van der Waals surface area contributed by atoms with Crippen molar-refractivity contribution in [3.8, 4) is 0 Å². The van der Waals surface area contributed by atoms with Crippen LogP contribution >= 0.6 is 0 Å². The minimum atomic E-state index is -0.872. The van der Waals surface area contributed by atoms with Gasteiger partial charge in [0.15, 0.2) is 0 Å². The Morgan fingerprint density at radius 2 is 2.10 bits per heavy atom. The molecule has 1 aliphatic rings. The van der Waals surface area contributed by atoms with Gasteiger partial charge in [0, 0.05) is 26.9 Å². The van der Waals surface area contributed by atoms with E-state index < -0.39 is 12.0 Å². The first-order chi connectivity index (χ1) is 9.35. The van der Waals surface area contributed by atoms with Crippen LogP contribution in [0.3, 0.4) is 0 Å². The van der Waals surface area contributed by atoms with Gasteiger partial charge in [0.2, 0.25) is 11.8 Å². The summed E-state index contributed by atoms with van der Waals surface area (Å²) in [5, 5.41) is 10.4. The zero-order valence-electron chi connectivity index (χ0n) is 11.8. The van der Waals surface area contributed by atoms with Gasteiger partial charge in [-0.25, -0.2) is 0 Å². The number of aliphatic carboxylic acids is 1. The number of carboxylic acids is 1. The van der Waals surface area contributed by atoms with E-state index in [1.165, 1.54) is 18.9 Å². The summed E-state index contributed by atoms with van der Waals surface area (Å²) >= 11 is 0. The Morgan fingerprint density at radius 1 is 1.45 bits per heavy atom. The maximum Gasteiger partial charge on any atom is 0.320 e. The zero-order chi connectivity index (χ0) is 15.3. The molecule has 7 heteroatoms. The van der Waals surface area contributed by atoms with E-state index >= 15 is 0 Å². The van der Waals surface area contributed by atoms with E-state index in [-0.39, 0.29) is 24.3 Å². The van der Waals surface area contributed by atoms with Crippen molar-refractivity contribution in [3.63, 3.8) is 0 Å². The standard InChI is InChI=1S/C13H21N3O4/c1-4-11-7-12(13(19)20)15(8-11)5-6-16(10(3)18)14-9(2)17/h4,11-12H,1,5-8H2,2-3H3,(H,14,17)(H,19,20)/t11-,12-/m1/s1. The van der Waals surface area contributed by atoms with Gasteiger partial charge in [-0.15, -0.1) is 6.58 Å². The van der Waals surface area contributed by atoms with Gasteiger partial charge in [0.05, 0.1) is 6.54 Å². The highest BCUT2D eigenvalue weighted by Gasteiger charge is 2.35. The van der Waals surface area contributed by atoms with E-state index in [9.17, 15) is 19.5 Å². The van der Waals surface area contributed by atoms with Crippen LogP contribution in [-0.2, 0) is 14.4 Å². The molecule has 7 nitrogen and oxygen atoms in total. The number of hydrogen-bond donors (Lipinski definition) is 2.